The topological polar surface area (TPSA) is 15.3 Å². The fourth-order valence-corrected chi connectivity index (χ4v) is 2.70. The van der Waals surface area contributed by atoms with E-state index in [1.54, 1.807) is 0 Å². The summed E-state index contributed by atoms with van der Waals surface area (Å²) in [6, 6.07) is 1.59. The van der Waals surface area contributed by atoms with Crippen LogP contribution in [0.15, 0.2) is 0 Å². The summed E-state index contributed by atoms with van der Waals surface area (Å²) in [6.45, 7) is 13.9. The Kier molecular flexibility index (Phi) is 5.26. The van der Waals surface area contributed by atoms with Crippen LogP contribution >= 0.6 is 0 Å². The van der Waals surface area contributed by atoms with Crippen molar-refractivity contribution in [2.24, 2.45) is 0 Å². The number of nitrogens with zero attached hydrogens (tertiary/aromatic N) is 1. The minimum absolute atomic E-state index is 0.259. The molecule has 0 aliphatic carbocycles. The highest BCUT2D eigenvalue weighted by atomic mass is 15.2. The van der Waals surface area contributed by atoms with Gasteiger partial charge in [0.05, 0.1) is 0 Å². The molecule has 0 aromatic rings. The molecule has 2 atom stereocenters. The lowest BCUT2D eigenvalue weighted by Crippen LogP contribution is -2.42. The van der Waals surface area contributed by atoms with E-state index < -0.39 is 0 Å². The van der Waals surface area contributed by atoms with Crippen molar-refractivity contribution in [3.8, 4) is 0 Å². The highest BCUT2D eigenvalue weighted by molar-refractivity contribution is 4.83. The second-order valence-electron chi connectivity index (χ2n) is 6.26. The molecule has 2 nitrogen and oxygen atoms in total. The van der Waals surface area contributed by atoms with Crippen molar-refractivity contribution in [1.82, 2.24) is 10.2 Å². The van der Waals surface area contributed by atoms with Crippen LogP contribution in [0, 0.1) is 0 Å². The van der Waals surface area contributed by atoms with E-state index in [-0.39, 0.29) is 5.54 Å². The molecular formula is C14H30N2. The molecule has 0 saturated carbocycles. The predicted octanol–water partition coefficient (Wildman–Crippen LogP) is 3.03. The molecule has 0 aromatic heterocycles. The Morgan fingerprint density at radius 1 is 1.38 bits per heavy atom. The normalized spacial score (nSPS) is 24.9. The van der Waals surface area contributed by atoms with Gasteiger partial charge in [-0.2, -0.15) is 0 Å². The third-order valence-corrected chi connectivity index (χ3v) is 3.68. The maximum atomic E-state index is 3.58. The summed E-state index contributed by atoms with van der Waals surface area (Å²) in [4.78, 5) is 2.71. The van der Waals surface area contributed by atoms with E-state index in [1.807, 2.05) is 0 Å². The van der Waals surface area contributed by atoms with Crippen molar-refractivity contribution in [2.75, 3.05) is 13.1 Å². The Morgan fingerprint density at radius 2 is 2.06 bits per heavy atom. The molecule has 0 bridgehead atoms. The third kappa shape index (κ3) is 4.42. The van der Waals surface area contributed by atoms with E-state index in [4.69, 9.17) is 0 Å². The Bertz CT molecular complexity index is 195. The summed E-state index contributed by atoms with van der Waals surface area (Å²) in [7, 11) is 0. The Labute approximate surface area is 102 Å². The van der Waals surface area contributed by atoms with Crippen LogP contribution in [0.4, 0.5) is 0 Å². The summed E-state index contributed by atoms with van der Waals surface area (Å²) >= 11 is 0. The molecular weight excluding hydrogens is 196 g/mol. The van der Waals surface area contributed by atoms with E-state index in [0.29, 0.717) is 0 Å². The molecule has 0 spiro atoms. The van der Waals surface area contributed by atoms with Gasteiger partial charge in [0.15, 0.2) is 0 Å². The van der Waals surface area contributed by atoms with Gasteiger partial charge in [-0.05, 0) is 66.5 Å². The number of rotatable bonds is 5. The molecule has 1 saturated heterocycles. The molecule has 96 valence electrons. The Balaban J connectivity index is 2.26. The van der Waals surface area contributed by atoms with E-state index in [0.717, 1.165) is 18.6 Å². The second-order valence-corrected chi connectivity index (χ2v) is 6.26. The number of likely N-dealkylation sites (tertiary alicyclic amines) is 1. The van der Waals surface area contributed by atoms with Crippen molar-refractivity contribution in [2.45, 2.75) is 77.9 Å². The quantitative estimate of drug-likeness (QED) is 0.775. The van der Waals surface area contributed by atoms with E-state index in [2.05, 4.69) is 44.8 Å². The number of hydrogen-bond acceptors (Lipinski definition) is 2. The summed E-state index contributed by atoms with van der Waals surface area (Å²) in [5.74, 6) is 0. The van der Waals surface area contributed by atoms with E-state index in [1.165, 1.54) is 32.2 Å². The van der Waals surface area contributed by atoms with Crippen molar-refractivity contribution < 1.29 is 0 Å². The van der Waals surface area contributed by atoms with Gasteiger partial charge in [0.1, 0.15) is 0 Å². The minimum atomic E-state index is 0.259. The van der Waals surface area contributed by atoms with Gasteiger partial charge in [-0.25, -0.2) is 0 Å². The molecule has 1 aliphatic rings. The first kappa shape index (κ1) is 14.0. The molecule has 0 aromatic carbocycles. The van der Waals surface area contributed by atoms with Gasteiger partial charge in [0, 0.05) is 17.6 Å². The van der Waals surface area contributed by atoms with Gasteiger partial charge in [0.25, 0.3) is 0 Å². The zero-order valence-corrected chi connectivity index (χ0v) is 11.8. The second kappa shape index (κ2) is 6.02. The molecule has 1 rings (SSSR count). The van der Waals surface area contributed by atoms with Crippen LogP contribution in [0.25, 0.3) is 0 Å². The smallest absolute Gasteiger partial charge is 0.00965 e. The van der Waals surface area contributed by atoms with Gasteiger partial charge in [-0.15, -0.1) is 0 Å². The van der Waals surface area contributed by atoms with Crippen molar-refractivity contribution in [3.05, 3.63) is 0 Å². The van der Waals surface area contributed by atoms with Crippen molar-refractivity contribution in [3.63, 3.8) is 0 Å². The SMILES string of the molecule is CCC1CCCN1C(C)CCNC(C)(C)C. The van der Waals surface area contributed by atoms with Gasteiger partial charge in [-0.3, -0.25) is 4.90 Å². The predicted molar refractivity (Wildman–Crippen MR) is 71.9 cm³/mol. The highest BCUT2D eigenvalue weighted by Gasteiger charge is 2.26. The number of hydrogen-bond donors (Lipinski definition) is 1. The van der Waals surface area contributed by atoms with Crippen LogP contribution in [0.2, 0.25) is 0 Å². The van der Waals surface area contributed by atoms with Crippen molar-refractivity contribution >= 4 is 0 Å². The largest absolute Gasteiger partial charge is 0.312 e. The first-order chi connectivity index (χ1) is 7.44. The first-order valence-corrected chi connectivity index (χ1v) is 6.95. The van der Waals surface area contributed by atoms with Crippen molar-refractivity contribution in [1.29, 1.82) is 0 Å². The molecule has 0 amide bonds. The minimum Gasteiger partial charge on any atom is -0.312 e. The number of nitrogens with one attached hydrogen (secondary N) is 1. The fourth-order valence-electron chi connectivity index (χ4n) is 2.70. The molecule has 1 heterocycles. The van der Waals surface area contributed by atoms with Gasteiger partial charge >= 0.3 is 0 Å². The maximum absolute atomic E-state index is 3.58. The monoisotopic (exact) mass is 226 g/mol. The van der Waals surface area contributed by atoms with Crippen LogP contribution in [0.3, 0.4) is 0 Å². The summed E-state index contributed by atoms with van der Waals surface area (Å²) in [5, 5.41) is 3.58. The van der Waals surface area contributed by atoms with Crippen LogP contribution in [-0.4, -0.2) is 35.6 Å². The Morgan fingerprint density at radius 3 is 2.62 bits per heavy atom. The van der Waals surface area contributed by atoms with Gasteiger partial charge in [-0.1, -0.05) is 6.92 Å². The zero-order chi connectivity index (χ0) is 12.2. The fraction of sp³-hybridized carbons (Fsp3) is 1.00. The lowest BCUT2D eigenvalue weighted by molar-refractivity contribution is 0.176. The zero-order valence-electron chi connectivity index (χ0n) is 11.8. The standard InChI is InChI=1S/C14H30N2/c1-6-13-8-7-11-16(13)12(2)9-10-15-14(3,4)5/h12-13,15H,6-11H2,1-5H3. The molecule has 1 fully saturated rings. The summed E-state index contributed by atoms with van der Waals surface area (Å²) in [6.07, 6.45) is 5.40. The average Bonchev–Trinajstić information content (AvgIpc) is 2.63. The molecule has 2 heteroatoms. The maximum Gasteiger partial charge on any atom is 0.00965 e. The lowest BCUT2D eigenvalue weighted by Gasteiger charge is -2.31. The van der Waals surface area contributed by atoms with Crippen LogP contribution in [0.5, 0.6) is 0 Å². The molecule has 1 aliphatic heterocycles. The van der Waals surface area contributed by atoms with Crippen LogP contribution in [0.1, 0.15) is 60.3 Å². The highest BCUT2D eigenvalue weighted by Crippen LogP contribution is 2.23. The first-order valence-electron chi connectivity index (χ1n) is 6.95. The summed E-state index contributed by atoms with van der Waals surface area (Å²) in [5.41, 5.74) is 0.259. The third-order valence-electron chi connectivity index (χ3n) is 3.68. The van der Waals surface area contributed by atoms with Crippen LogP contribution < -0.4 is 5.32 Å². The molecule has 1 N–H and O–H groups in total. The Hall–Kier alpha value is -0.0800. The average molecular weight is 226 g/mol. The van der Waals surface area contributed by atoms with E-state index >= 15 is 0 Å². The molecule has 2 unspecified atom stereocenters. The van der Waals surface area contributed by atoms with E-state index in [9.17, 15) is 0 Å². The summed E-state index contributed by atoms with van der Waals surface area (Å²) < 4.78 is 0. The molecule has 0 radical (unpaired) electrons. The van der Waals surface area contributed by atoms with Crippen LogP contribution in [-0.2, 0) is 0 Å². The van der Waals surface area contributed by atoms with Gasteiger partial charge < -0.3 is 5.32 Å². The lowest BCUT2D eigenvalue weighted by atomic mass is 10.1. The molecule has 16 heavy (non-hydrogen) atoms. The van der Waals surface area contributed by atoms with Gasteiger partial charge in [0.2, 0.25) is 0 Å².